The van der Waals surface area contributed by atoms with Crippen LogP contribution in [0.15, 0.2) is 51.7 Å². The Morgan fingerprint density at radius 1 is 0.818 bits per heavy atom. The largest absolute Gasteiger partial charge is 0.476 e. The van der Waals surface area contributed by atoms with E-state index in [0.29, 0.717) is 12.5 Å². The van der Waals surface area contributed by atoms with Crippen molar-refractivity contribution in [3.8, 4) is 23.0 Å². The van der Waals surface area contributed by atoms with Crippen LogP contribution in [0.1, 0.15) is 29.5 Å². The van der Waals surface area contributed by atoms with Gasteiger partial charge in [0.2, 0.25) is 40.3 Å². The molecule has 0 atom stereocenters. The number of ether oxygens (including phenoxy) is 4. The fraction of sp³-hybridized carbons (Fsp3) is 0.179. The minimum atomic E-state index is -5.26. The molecule has 0 aliphatic heterocycles. The van der Waals surface area contributed by atoms with Gasteiger partial charge in [-0.1, -0.05) is 6.92 Å². The van der Waals surface area contributed by atoms with E-state index >= 15 is 0 Å². The summed E-state index contributed by atoms with van der Waals surface area (Å²) in [6.45, 7) is 0.534. The number of carbonyl (C=O) groups is 2. The first-order chi connectivity index (χ1) is 20.7. The van der Waals surface area contributed by atoms with E-state index in [1.807, 2.05) is 0 Å². The first kappa shape index (κ1) is 31.8. The summed E-state index contributed by atoms with van der Waals surface area (Å²) < 4.78 is 133. The number of hydrogen-bond donors (Lipinski definition) is 0. The highest BCUT2D eigenvalue weighted by Crippen LogP contribution is 2.39. The molecule has 1 aromatic heterocycles. The lowest BCUT2D eigenvalue weighted by Crippen LogP contribution is -2.19. The van der Waals surface area contributed by atoms with Gasteiger partial charge in [-0.2, -0.15) is 22.0 Å². The molecule has 16 heteroatoms. The predicted octanol–water partition coefficient (Wildman–Crippen LogP) is 6.85. The third-order valence-electron chi connectivity index (χ3n) is 5.56. The Morgan fingerprint density at radius 2 is 1.41 bits per heavy atom. The first-order valence-corrected chi connectivity index (χ1v) is 12.2. The summed E-state index contributed by atoms with van der Waals surface area (Å²) in [4.78, 5) is 37.0. The second kappa shape index (κ2) is 12.6. The molecule has 3 aromatic carbocycles. The highest BCUT2D eigenvalue weighted by Gasteiger charge is 2.40. The maximum Gasteiger partial charge on any atom is 0.453 e. The van der Waals surface area contributed by atoms with Crippen LogP contribution in [0.4, 0.5) is 35.1 Å². The molecule has 0 fully saturated rings. The molecule has 0 bridgehead atoms. The number of fused-ring (bicyclic) bond motifs is 1. The van der Waals surface area contributed by atoms with Gasteiger partial charge < -0.3 is 23.4 Å². The topological polar surface area (TPSA) is 101 Å². The van der Waals surface area contributed by atoms with Crippen molar-refractivity contribution in [1.82, 2.24) is 0 Å². The predicted molar refractivity (Wildman–Crippen MR) is 132 cm³/mol. The molecule has 1 heterocycles. The van der Waals surface area contributed by atoms with Crippen molar-refractivity contribution in [2.24, 2.45) is 0 Å². The molecule has 0 saturated heterocycles. The van der Waals surface area contributed by atoms with Gasteiger partial charge in [-0.3, -0.25) is 4.79 Å². The van der Waals surface area contributed by atoms with E-state index < -0.39 is 93.2 Å². The van der Waals surface area contributed by atoms with Gasteiger partial charge >= 0.3 is 18.1 Å². The second-order valence-electron chi connectivity index (χ2n) is 8.67. The zero-order chi connectivity index (χ0) is 32.3. The number of carbonyl (C=O) groups excluding carboxylic acids is 2. The van der Waals surface area contributed by atoms with E-state index in [4.69, 9.17) is 18.6 Å². The monoisotopic (exact) mass is 632 g/mol. The molecule has 0 N–H and O–H groups in total. The molecule has 0 radical (unpaired) electrons. The lowest BCUT2D eigenvalue weighted by Gasteiger charge is -2.14. The third-order valence-corrected chi connectivity index (χ3v) is 5.56. The van der Waals surface area contributed by atoms with Crippen molar-refractivity contribution < 1.29 is 68.1 Å². The van der Waals surface area contributed by atoms with Gasteiger partial charge in [0.15, 0.2) is 12.4 Å². The Morgan fingerprint density at radius 3 is 2.00 bits per heavy atom. The van der Waals surface area contributed by atoms with Crippen molar-refractivity contribution in [1.29, 1.82) is 0 Å². The van der Waals surface area contributed by atoms with Crippen LogP contribution in [-0.4, -0.2) is 25.2 Å². The maximum absolute atomic E-state index is 13.9. The summed E-state index contributed by atoms with van der Waals surface area (Å²) in [6.07, 6.45) is -4.70. The Bertz CT molecular complexity index is 1770. The molecule has 0 unspecified atom stereocenters. The lowest BCUT2D eigenvalue weighted by molar-refractivity contribution is -0.154. The zero-order valence-corrected chi connectivity index (χ0v) is 22.0. The van der Waals surface area contributed by atoms with Crippen LogP contribution in [0.2, 0.25) is 0 Å². The van der Waals surface area contributed by atoms with E-state index in [9.17, 15) is 49.5 Å². The van der Waals surface area contributed by atoms with Gasteiger partial charge in [-0.25, -0.2) is 22.8 Å². The fourth-order valence-corrected chi connectivity index (χ4v) is 3.56. The average Bonchev–Trinajstić information content (AvgIpc) is 2.98. The summed E-state index contributed by atoms with van der Waals surface area (Å²) in [5.74, 6) is -19.7. The highest BCUT2D eigenvalue weighted by atomic mass is 19.4. The smallest absolute Gasteiger partial charge is 0.453 e. The van der Waals surface area contributed by atoms with E-state index in [-0.39, 0.29) is 17.9 Å². The van der Waals surface area contributed by atoms with Gasteiger partial charge in [0.05, 0.1) is 17.6 Å². The summed E-state index contributed by atoms with van der Waals surface area (Å²) >= 11 is 0. The molecule has 0 spiro atoms. The Balaban J connectivity index is 1.57. The van der Waals surface area contributed by atoms with Crippen LogP contribution in [0.25, 0.3) is 11.0 Å². The second-order valence-corrected chi connectivity index (χ2v) is 8.67. The summed E-state index contributed by atoms with van der Waals surface area (Å²) in [7, 11) is 0. The van der Waals surface area contributed by atoms with Crippen molar-refractivity contribution in [3.63, 3.8) is 0 Å². The Labute approximate surface area is 240 Å². The highest BCUT2D eigenvalue weighted by molar-refractivity contribution is 5.89. The van der Waals surface area contributed by atoms with Crippen LogP contribution in [0, 0.1) is 29.1 Å². The molecule has 0 saturated carbocycles. The molecule has 232 valence electrons. The van der Waals surface area contributed by atoms with E-state index in [0.717, 1.165) is 24.3 Å². The first-order valence-electron chi connectivity index (χ1n) is 12.2. The molecular weight excluding hydrogens is 616 g/mol. The fourth-order valence-electron chi connectivity index (χ4n) is 3.56. The maximum atomic E-state index is 13.9. The van der Waals surface area contributed by atoms with Gasteiger partial charge in [-0.05, 0) is 42.8 Å². The summed E-state index contributed by atoms with van der Waals surface area (Å²) in [6, 6.07) is 7.21. The molecule has 0 aliphatic rings. The van der Waals surface area contributed by atoms with Gasteiger partial charge in [0.1, 0.15) is 17.1 Å². The third kappa shape index (κ3) is 6.58. The van der Waals surface area contributed by atoms with Crippen molar-refractivity contribution in [2.75, 3.05) is 13.2 Å². The zero-order valence-electron chi connectivity index (χ0n) is 22.0. The van der Waals surface area contributed by atoms with Gasteiger partial charge in [0, 0.05) is 6.07 Å². The van der Waals surface area contributed by atoms with Crippen LogP contribution in [0.3, 0.4) is 0 Å². The van der Waals surface area contributed by atoms with Gasteiger partial charge in [-0.15, -0.1) is 0 Å². The molecule has 0 amide bonds. The van der Waals surface area contributed by atoms with Crippen LogP contribution >= 0.6 is 0 Å². The molecule has 8 nitrogen and oxygen atoms in total. The normalized spacial score (nSPS) is 11.4. The minimum absolute atomic E-state index is 0.0760. The van der Waals surface area contributed by atoms with E-state index in [1.165, 1.54) is 12.1 Å². The van der Waals surface area contributed by atoms with Gasteiger partial charge in [0.25, 0.3) is 5.76 Å². The Kier molecular flexibility index (Phi) is 9.11. The van der Waals surface area contributed by atoms with Crippen LogP contribution in [-0.2, 0) is 15.7 Å². The number of hydrogen-bond acceptors (Lipinski definition) is 8. The van der Waals surface area contributed by atoms with E-state index in [1.54, 1.807) is 6.92 Å². The summed E-state index contributed by atoms with van der Waals surface area (Å²) in [5.41, 5.74) is -1.93. The molecule has 0 aliphatic carbocycles. The van der Waals surface area contributed by atoms with Crippen molar-refractivity contribution in [2.45, 2.75) is 19.5 Å². The van der Waals surface area contributed by atoms with Crippen LogP contribution < -0.4 is 19.6 Å². The number of esters is 2. The number of rotatable bonds is 9. The number of halogens is 8. The number of benzene rings is 3. The molecule has 4 rings (SSSR count). The molecule has 44 heavy (non-hydrogen) atoms. The standard InChI is InChI=1S/C28H16F8O8/c1-2-9-40-27(39)12-3-5-13(6-4-12)43-25-23(38)15-8-7-14(10-16(15)44-26(25)28(34,35)36)42-17(37)11-41-24-21(32)19(30)18(29)20(31)22(24)33/h3-8,10H,2,9,11H2,1H3. The Hall–Kier alpha value is -5.15. The summed E-state index contributed by atoms with van der Waals surface area (Å²) in [5, 5.41) is -0.454. The average molecular weight is 632 g/mol. The molecular formula is C28H16F8O8. The minimum Gasteiger partial charge on any atom is -0.476 e. The molecule has 4 aromatic rings. The lowest BCUT2D eigenvalue weighted by atomic mass is 10.2. The van der Waals surface area contributed by atoms with E-state index in [2.05, 4.69) is 4.74 Å². The quantitative estimate of drug-likeness (QED) is 0.0650. The van der Waals surface area contributed by atoms with Crippen LogP contribution in [0.5, 0.6) is 23.0 Å². The SMILES string of the molecule is CCCOC(=O)c1ccc(Oc2c(C(F)(F)F)oc3cc(OC(=O)COc4c(F)c(F)c(F)c(F)c4F)ccc3c2=O)cc1. The van der Waals surface area contributed by atoms with Crippen molar-refractivity contribution >= 4 is 22.9 Å². The van der Waals surface area contributed by atoms with Crippen molar-refractivity contribution in [3.05, 3.63) is 93.1 Å². The number of alkyl halides is 3.